The van der Waals surface area contributed by atoms with Crippen molar-refractivity contribution in [2.75, 3.05) is 6.54 Å². The zero-order chi connectivity index (χ0) is 18.6. The van der Waals surface area contributed by atoms with E-state index < -0.39 is 18.4 Å². The smallest absolute Gasteiger partial charge is 0.446 e. The highest BCUT2D eigenvalue weighted by Crippen LogP contribution is 2.29. The van der Waals surface area contributed by atoms with Gasteiger partial charge in [0.15, 0.2) is 0 Å². The van der Waals surface area contributed by atoms with Crippen LogP contribution >= 0.6 is 0 Å². The number of ether oxygens (including phenoxy) is 2. The van der Waals surface area contributed by atoms with Gasteiger partial charge < -0.3 is 20.1 Å². The summed E-state index contributed by atoms with van der Waals surface area (Å²) >= 11 is 0. The standard InChI is InChI=1S/C16H19F3N2O4/c1-10(11-2-4-13(5-3-11)25-16(17,18)19)21-9-8-12(24-15(21)23)6-7-14(20)22/h2-5,10,12H,6-9H2,1H3,(H2,20,22). The third-order valence-corrected chi connectivity index (χ3v) is 3.97. The fourth-order valence-corrected chi connectivity index (χ4v) is 2.63. The van der Waals surface area contributed by atoms with Crippen LogP contribution in [0.25, 0.3) is 0 Å². The van der Waals surface area contributed by atoms with Gasteiger partial charge in [0.2, 0.25) is 5.91 Å². The average molecular weight is 360 g/mol. The van der Waals surface area contributed by atoms with E-state index in [1.807, 2.05) is 0 Å². The molecule has 0 spiro atoms. The van der Waals surface area contributed by atoms with Crippen LogP contribution in [-0.2, 0) is 9.53 Å². The van der Waals surface area contributed by atoms with E-state index in [0.29, 0.717) is 24.9 Å². The summed E-state index contributed by atoms with van der Waals surface area (Å²) in [6.45, 7) is 2.18. The molecule has 2 amide bonds. The number of rotatable bonds is 6. The summed E-state index contributed by atoms with van der Waals surface area (Å²) in [6.07, 6.45) is -4.54. The predicted molar refractivity (Wildman–Crippen MR) is 81.6 cm³/mol. The van der Waals surface area contributed by atoms with Gasteiger partial charge in [-0.3, -0.25) is 4.79 Å². The van der Waals surface area contributed by atoms with Gasteiger partial charge in [0, 0.05) is 19.4 Å². The number of primary amides is 1. The second kappa shape index (κ2) is 7.62. The summed E-state index contributed by atoms with van der Waals surface area (Å²) in [5.41, 5.74) is 5.73. The number of alkyl halides is 3. The van der Waals surface area contributed by atoms with Crippen LogP contribution in [-0.4, -0.2) is 35.9 Å². The minimum Gasteiger partial charge on any atom is -0.446 e. The summed E-state index contributed by atoms with van der Waals surface area (Å²) in [6, 6.07) is 4.97. The van der Waals surface area contributed by atoms with Crippen molar-refractivity contribution in [2.24, 2.45) is 5.73 Å². The summed E-state index contributed by atoms with van der Waals surface area (Å²) in [7, 11) is 0. The summed E-state index contributed by atoms with van der Waals surface area (Å²) < 4.78 is 45.6. The highest BCUT2D eigenvalue weighted by Gasteiger charge is 2.32. The Kier molecular flexibility index (Phi) is 5.76. The fraction of sp³-hybridized carbons (Fsp3) is 0.500. The number of halogens is 3. The molecule has 6 nitrogen and oxygen atoms in total. The highest BCUT2D eigenvalue weighted by molar-refractivity contribution is 5.74. The first-order valence-electron chi connectivity index (χ1n) is 7.77. The number of hydrogen-bond acceptors (Lipinski definition) is 4. The van der Waals surface area contributed by atoms with Crippen LogP contribution < -0.4 is 10.5 Å². The molecule has 2 atom stereocenters. The molecule has 2 rings (SSSR count). The number of nitrogens with zero attached hydrogens (tertiary/aromatic N) is 1. The number of carbonyl (C=O) groups is 2. The van der Waals surface area contributed by atoms with Crippen LogP contribution in [0.15, 0.2) is 24.3 Å². The molecule has 138 valence electrons. The lowest BCUT2D eigenvalue weighted by atomic mass is 10.0. The number of hydrogen-bond donors (Lipinski definition) is 1. The Balaban J connectivity index is 1.95. The molecular weight excluding hydrogens is 341 g/mol. The molecule has 1 aliphatic rings. The number of nitrogens with two attached hydrogens (primary N) is 1. The molecular formula is C16H19F3N2O4. The summed E-state index contributed by atoms with van der Waals surface area (Å²) in [5.74, 6) is -0.774. The maximum Gasteiger partial charge on any atom is 0.573 e. The lowest BCUT2D eigenvalue weighted by Crippen LogP contribution is -2.43. The molecule has 0 saturated carbocycles. The quantitative estimate of drug-likeness (QED) is 0.845. The van der Waals surface area contributed by atoms with Crippen LogP contribution in [0.2, 0.25) is 0 Å². The second-order valence-electron chi connectivity index (χ2n) is 5.79. The van der Waals surface area contributed by atoms with Gasteiger partial charge in [-0.2, -0.15) is 0 Å². The van der Waals surface area contributed by atoms with Gasteiger partial charge in [0.05, 0.1) is 6.04 Å². The molecule has 0 aromatic heterocycles. The van der Waals surface area contributed by atoms with Crippen molar-refractivity contribution in [3.8, 4) is 5.75 Å². The molecule has 1 aliphatic heterocycles. The molecule has 1 heterocycles. The number of benzene rings is 1. The first kappa shape index (κ1) is 18.9. The van der Waals surface area contributed by atoms with Crippen LogP contribution in [0.3, 0.4) is 0 Å². The Morgan fingerprint density at radius 2 is 2.04 bits per heavy atom. The molecule has 2 N–H and O–H groups in total. The third kappa shape index (κ3) is 5.54. The van der Waals surface area contributed by atoms with Crippen molar-refractivity contribution in [3.05, 3.63) is 29.8 Å². The van der Waals surface area contributed by atoms with E-state index in [1.54, 1.807) is 6.92 Å². The van der Waals surface area contributed by atoms with Crippen molar-refractivity contribution in [2.45, 2.75) is 44.7 Å². The maximum atomic E-state index is 12.2. The van der Waals surface area contributed by atoms with Crippen molar-refractivity contribution >= 4 is 12.0 Å². The molecule has 1 fully saturated rings. The topological polar surface area (TPSA) is 81.9 Å². The van der Waals surface area contributed by atoms with Crippen LogP contribution in [0, 0.1) is 0 Å². The van der Waals surface area contributed by atoms with Gasteiger partial charge in [0.1, 0.15) is 11.9 Å². The van der Waals surface area contributed by atoms with Gasteiger partial charge in [-0.05, 0) is 31.0 Å². The number of cyclic esters (lactones) is 1. The zero-order valence-corrected chi connectivity index (χ0v) is 13.6. The Morgan fingerprint density at radius 3 is 2.56 bits per heavy atom. The Bertz CT molecular complexity index is 619. The van der Waals surface area contributed by atoms with Gasteiger partial charge >= 0.3 is 12.5 Å². The Morgan fingerprint density at radius 1 is 1.40 bits per heavy atom. The van der Waals surface area contributed by atoms with Crippen LogP contribution in [0.5, 0.6) is 5.75 Å². The van der Waals surface area contributed by atoms with Crippen LogP contribution in [0.1, 0.15) is 37.8 Å². The molecule has 1 saturated heterocycles. The lowest BCUT2D eigenvalue weighted by Gasteiger charge is -2.35. The molecule has 0 bridgehead atoms. The number of amides is 2. The normalized spacial score (nSPS) is 19.3. The van der Waals surface area contributed by atoms with Crippen LogP contribution in [0.4, 0.5) is 18.0 Å². The van der Waals surface area contributed by atoms with Crippen molar-refractivity contribution < 1.29 is 32.2 Å². The van der Waals surface area contributed by atoms with Gasteiger partial charge in [-0.25, -0.2) is 4.79 Å². The molecule has 9 heteroatoms. The average Bonchev–Trinajstić information content (AvgIpc) is 2.51. The highest BCUT2D eigenvalue weighted by atomic mass is 19.4. The molecule has 2 unspecified atom stereocenters. The van der Waals surface area contributed by atoms with Gasteiger partial charge in [0.25, 0.3) is 0 Å². The molecule has 1 aromatic carbocycles. The van der Waals surface area contributed by atoms with Gasteiger partial charge in [-0.1, -0.05) is 12.1 Å². The first-order chi connectivity index (χ1) is 11.7. The minimum atomic E-state index is -4.75. The van der Waals surface area contributed by atoms with Gasteiger partial charge in [-0.15, -0.1) is 13.2 Å². The van der Waals surface area contributed by atoms with E-state index >= 15 is 0 Å². The van der Waals surface area contributed by atoms with E-state index in [-0.39, 0.29) is 24.3 Å². The lowest BCUT2D eigenvalue weighted by molar-refractivity contribution is -0.274. The van der Waals surface area contributed by atoms with E-state index in [0.717, 1.165) is 0 Å². The van der Waals surface area contributed by atoms with Crippen molar-refractivity contribution in [1.82, 2.24) is 4.90 Å². The predicted octanol–water partition coefficient (Wildman–Crippen LogP) is 3.12. The molecule has 25 heavy (non-hydrogen) atoms. The molecule has 1 aromatic rings. The number of carbonyl (C=O) groups excluding carboxylic acids is 2. The molecule has 0 aliphatic carbocycles. The second-order valence-corrected chi connectivity index (χ2v) is 5.79. The summed E-state index contributed by atoms with van der Waals surface area (Å²) in [5, 5.41) is 0. The first-order valence-corrected chi connectivity index (χ1v) is 7.77. The Hall–Kier alpha value is -2.45. The van der Waals surface area contributed by atoms with Crippen molar-refractivity contribution in [1.29, 1.82) is 0 Å². The monoisotopic (exact) mass is 360 g/mol. The van der Waals surface area contributed by atoms with E-state index in [1.165, 1.54) is 29.2 Å². The fourth-order valence-electron chi connectivity index (χ4n) is 2.63. The molecule has 0 radical (unpaired) electrons. The Labute approximate surface area is 142 Å². The third-order valence-electron chi connectivity index (χ3n) is 3.97. The zero-order valence-electron chi connectivity index (χ0n) is 13.6. The summed E-state index contributed by atoms with van der Waals surface area (Å²) in [4.78, 5) is 24.4. The van der Waals surface area contributed by atoms with Crippen molar-refractivity contribution in [3.63, 3.8) is 0 Å². The maximum absolute atomic E-state index is 12.2. The van der Waals surface area contributed by atoms with E-state index in [2.05, 4.69) is 4.74 Å². The van der Waals surface area contributed by atoms with E-state index in [9.17, 15) is 22.8 Å². The largest absolute Gasteiger partial charge is 0.573 e. The minimum absolute atomic E-state index is 0.147. The SMILES string of the molecule is CC(c1ccc(OC(F)(F)F)cc1)N1CCC(CCC(N)=O)OC1=O. The van der Waals surface area contributed by atoms with E-state index in [4.69, 9.17) is 10.5 Å².